The Morgan fingerprint density at radius 1 is 1.30 bits per heavy atom. The fourth-order valence-corrected chi connectivity index (χ4v) is 2.88. The molecule has 1 amide bonds. The molecule has 4 heteroatoms. The minimum Gasteiger partial charge on any atom is -0.396 e. The molecule has 2 rings (SSSR count). The molecule has 20 heavy (non-hydrogen) atoms. The van der Waals surface area contributed by atoms with Gasteiger partial charge in [0.05, 0.1) is 6.42 Å². The number of carbonyl (C=O) groups is 1. The fraction of sp³-hybridized carbons (Fsp3) is 0.562. The molecule has 3 nitrogen and oxygen atoms in total. The lowest BCUT2D eigenvalue weighted by atomic mass is 9.95. The Hall–Kier alpha value is -1.42. The first-order chi connectivity index (χ1) is 9.69. The predicted octanol–water partition coefficient (Wildman–Crippen LogP) is 2.43. The van der Waals surface area contributed by atoms with Crippen LogP contribution in [0.1, 0.15) is 37.7 Å². The summed E-state index contributed by atoms with van der Waals surface area (Å²) in [5.41, 5.74) is 0.677. The van der Waals surface area contributed by atoms with Gasteiger partial charge in [0, 0.05) is 18.6 Å². The van der Waals surface area contributed by atoms with Gasteiger partial charge in [0.2, 0.25) is 5.91 Å². The molecule has 0 saturated heterocycles. The van der Waals surface area contributed by atoms with E-state index in [1.165, 1.54) is 12.1 Å². The Labute approximate surface area is 119 Å². The quantitative estimate of drug-likeness (QED) is 0.832. The number of hydrogen-bond acceptors (Lipinski definition) is 2. The first kappa shape index (κ1) is 15.0. The maximum absolute atomic E-state index is 13.1. The van der Waals surface area contributed by atoms with Crippen molar-refractivity contribution in [2.24, 2.45) is 5.92 Å². The van der Waals surface area contributed by atoms with Crippen LogP contribution < -0.4 is 5.32 Å². The van der Waals surface area contributed by atoms with Crippen molar-refractivity contribution in [3.8, 4) is 0 Å². The van der Waals surface area contributed by atoms with Gasteiger partial charge in [-0.3, -0.25) is 4.79 Å². The van der Waals surface area contributed by atoms with Crippen LogP contribution in [0.15, 0.2) is 24.3 Å². The van der Waals surface area contributed by atoms with Gasteiger partial charge in [0.1, 0.15) is 5.82 Å². The van der Waals surface area contributed by atoms with Crippen LogP contribution in [0.2, 0.25) is 0 Å². The Balaban J connectivity index is 1.92. The van der Waals surface area contributed by atoms with E-state index in [1.54, 1.807) is 12.1 Å². The van der Waals surface area contributed by atoms with Crippen molar-refractivity contribution in [3.63, 3.8) is 0 Å². The van der Waals surface area contributed by atoms with Gasteiger partial charge in [-0.15, -0.1) is 0 Å². The van der Waals surface area contributed by atoms with Crippen LogP contribution >= 0.6 is 0 Å². The highest BCUT2D eigenvalue weighted by Gasteiger charge is 2.24. The normalized spacial score (nSPS) is 23.1. The maximum Gasteiger partial charge on any atom is 0.224 e. The van der Waals surface area contributed by atoms with E-state index in [-0.39, 0.29) is 36.7 Å². The lowest BCUT2D eigenvalue weighted by Gasteiger charge is -2.24. The molecule has 0 bridgehead atoms. The average Bonchev–Trinajstić information content (AvgIpc) is 2.63. The van der Waals surface area contributed by atoms with Crippen LogP contribution in [0.25, 0.3) is 0 Å². The molecule has 1 fully saturated rings. The van der Waals surface area contributed by atoms with Crippen molar-refractivity contribution in [1.82, 2.24) is 5.32 Å². The van der Waals surface area contributed by atoms with E-state index in [0.717, 1.165) is 32.1 Å². The second kappa shape index (κ2) is 7.39. The number of halogens is 1. The summed E-state index contributed by atoms with van der Waals surface area (Å²) < 4.78 is 13.1. The Kier molecular flexibility index (Phi) is 5.53. The third kappa shape index (κ3) is 4.30. The van der Waals surface area contributed by atoms with Crippen LogP contribution in [0.3, 0.4) is 0 Å². The topological polar surface area (TPSA) is 49.3 Å². The number of carbonyl (C=O) groups excluding carboxylic acids is 1. The Morgan fingerprint density at radius 2 is 2.10 bits per heavy atom. The highest BCUT2D eigenvalue weighted by molar-refractivity contribution is 5.78. The van der Waals surface area contributed by atoms with Crippen LogP contribution in [-0.2, 0) is 11.2 Å². The number of rotatable bonds is 4. The molecule has 1 aliphatic rings. The van der Waals surface area contributed by atoms with Crippen LogP contribution in [0.4, 0.5) is 4.39 Å². The van der Waals surface area contributed by atoms with Gasteiger partial charge in [-0.25, -0.2) is 4.39 Å². The summed E-state index contributed by atoms with van der Waals surface area (Å²) in [6, 6.07) is 6.16. The van der Waals surface area contributed by atoms with E-state index in [0.29, 0.717) is 5.56 Å². The summed E-state index contributed by atoms with van der Waals surface area (Å²) in [5.74, 6) is -0.270. The highest BCUT2D eigenvalue weighted by Crippen LogP contribution is 2.23. The lowest BCUT2D eigenvalue weighted by Crippen LogP contribution is -2.41. The van der Waals surface area contributed by atoms with Gasteiger partial charge in [-0.1, -0.05) is 31.4 Å². The number of nitrogens with one attached hydrogen (secondary N) is 1. The largest absolute Gasteiger partial charge is 0.396 e. The molecule has 0 radical (unpaired) electrons. The van der Waals surface area contributed by atoms with E-state index in [4.69, 9.17) is 0 Å². The molecule has 0 aliphatic heterocycles. The first-order valence-electron chi connectivity index (χ1n) is 7.33. The van der Waals surface area contributed by atoms with E-state index in [1.807, 2.05) is 0 Å². The molecular formula is C16H22FNO2. The summed E-state index contributed by atoms with van der Waals surface area (Å²) >= 11 is 0. The Morgan fingerprint density at radius 3 is 2.85 bits per heavy atom. The van der Waals surface area contributed by atoms with Gasteiger partial charge < -0.3 is 10.4 Å². The summed E-state index contributed by atoms with van der Waals surface area (Å²) in [7, 11) is 0. The van der Waals surface area contributed by atoms with Crippen LogP contribution in [0.5, 0.6) is 0 Å². The van der Waals surface area contributed by atoms with Gasteiger partial charge in [-0.05, 0) is 30.5 Å². The fourth-order valence-electron chi connectivity index (χ4n) is 2.88. The van der Waals surface area contributed by atoms with Crippen LogP contribution in [-0.4, -0.2) is 23.7 Å². The van der Waals surface area contributed by atoms with E-state index < -0.39 is 0 Å². The number of aliphatic hydroxyl groups is 1. The first-order valence-corrected chi connectivity index (χ1v) is 7.33. The molecule has 0 spiro atoms. The summed E-state index contributed by atoms with van der Waals surface area (Å²) in [6.07, 6.45) is 5.42. The van der Waals surface area contributed by atoms with E-state index in [2.05, 4.69) is 5.32 Å². The van der Waals surface area contributed by atoms with E-state index in [9.17, 15) is 14.3 Å². The number of amides is 1. The number of hydrogen-bond donors (Lipinski definition) is 2. The van der Waals surface area contributed by atoms with Crippen LogP contribution in [0, 0.1) is 11.7 Å². The molecule has 2 unspecified atom stereocenters. The van der Waals surface area contributed by atoms with Crippen molar-refractivity contribution in [2.45, 2.75) is 44.6 Å². The maximum atomic E-state index is 13.1. The zero-order chi connectivity index (χ0) is 14.4. The predicted molar refractivity (Wildman–Crippen MR) is 75.7 cm³/mol. The highest BCUT2D eigenvalue weighted by atomic mass is 19.1. The summed E-state index contributed by atoms with van der Waals surface area (Å²) in [6.45, 7) is 0.116. The van der Waals surface area contributed by atoms with Crippen molar-refractivity contribution in [2.75, 3.05) is 6.61 Å². The molecule has 0 heterocycles. The molecule has 110 valence electrons. The molecule has 1 aromatic rings. The summed E-state index contributed by atoms with van der Waals surface area (Å²) in [5, 5.41) is 12.4. The van der Waals surface area contributed by atoms with Gasteiger partial charge in [0.15, 0.2) is 0 Å². The molecule has 2 atom stereocenters. The van der Waals surface area contributed by atoms with Crippen molar-refractivity contribution >= 4 is 5.91 Å². The SMILES string of the molecule is O=C(Cc1cccc(F)c1)NC1CCCCCC1CO. The van der Waals surface area contributed by atoms with Gasteiger partial charge >= 0.3 is 0 Å². The van der Waals surface area contributed by atoms with Crippen molar-refractivity contribution < 1.29 is 14.3 Å². The number of benzene rings is 1. The molecule has 1 aromatic carbocycles. The molecule has 2 N–H and O–H groups in total. The zero-order valence-electron chi connectivity index (χ0n) is 11.6. The summed E-state index contributed by atoms with van der Waals surface area (Å²) in [4.78, 5) is 12.1. The van der Waals surface area contributed by atoms with E-state index >= 15 is 0 Å². The standard InChI is InChI=1S/C16H22FNO2/c17-14-7-4-5-12(9-14)10-16(20)18-15-8-3-1-2-6-13(15)11-19/h4-5,7,9,13,15,19H,1-3,6,8,10-11H2,(H,18,20). The third-order valence-corrected chi connectivity index (χ3v) is 3.99. The average molecular weight is 279 g/mol. The second-order valence-electron chi connectivity index (χ2n) is 5.56. The van der Waals surface area contributed by atoms with Crippen molar-refractivity contribution in [3.05, 3.63) is 35.6 Å². The number of aliphatic hydroxyl groups excluding tert-OH is 1. The van der Waals surface area contributed by atoms with Gasteiger partial charge in [-0.2, -0.15) is 0 Å². The molecule has 0 aromatic heterocycles. The smallest absolute Gasteiger partial charge is 0.224 e. The molecule has 1 saturated carbocycles. The molecule has 1 aliphatic carbocycles. The van der Waals surface area contributed by atoms with Gasteiger partial charge in [0.25, 0.3) is 0 Å². The second-order valence-corrected chi connectivity index (χ2v) is 5.56. The minimum atomic E-state index is -0.321. The monoisotopic (exact) mass is 279 g/mol. The Bertz CT molecular complexity index is 450. The third-order valence-electron chi connectivity index (χ3n) is 3.99. The zero-order valence-corrected chi connectivity index (χ0v) is 11.6. The molecular weight excluding hydrogens is 257 g/mol. The van der Waals surface area contributed by atoms with Crippen molar-refractivity contribution in [1.29, 1.82) is 0 Å². The lowest BCUT2D eigenvalue weighted by molar-refractivity contribution is -0.121. The minimum absolute atomic E-state index is 0.0450.